The van der Waals surface area contributed by atoms with Gasteiger partial charge in [-0.15, -0.1) is 0 Å². The van der Waals surface area contributed by atoms with Crippen molar-refractivity contribution in [3.63, 3.8) is 0 Å². The minimum Gasteiger partial charge on any atom is -0.162 e. The molecule has 1 unspecified atom stereocenters. The second-order valence-corrected chi connectivity index (χ2v) is 5.39. The summed E-state index contributed by atoms with van der Waals surface area (Å²) in [6, 6.07) is 0. The van der Waals surface area contributed by atoms with Gasteiger partial charge in [-0.3, -0.25) is 0 Å². The molecule has 1 saturated carbocycles. The molecule has 0 nitrogen and oxygen atoms in total. The van der Waals surface area contributed by atoms with E-state index in [9.17, 15) is 0 Å². The monoisotopic (exact) mass is 200 g/mol. The first-order chi connectivity index (χ1) is 6.38. The van der Waals surface area contributed by atoms with Crippen LogP contribution in [0, 0.1) is 5.92 Å². The van der Waals surface area contributed by atoms with E-state index in [4.69, 9.17) is 0 Å². The summed E-state index contributed by atoms with van der Waals surface area (Å²) in [6.45, 7) is 2.32. The molecule has 0 aromatic heterocycles. The molecule has 1 rings (SSSR count). The molecule has 1 aliphatic rings. The molecule has 0 amide bonds. The van der Waals surface area contributed by atoms with Crippen LogP contribution < -0.4 is 0 Å². The summed E-state index contributed by atoms with van der Waals surface area (Å²) >= 11 is 2.11. The Balaban J connectivity index is 2.35. The van der Waals surface area contributed by atoms with Crippen molar-refractivity contribution in [2.45, 2.75) is 63.5 Å². The average Bonchev–Trinajstić information content (AvgIpc) is 2.42. The highest BCUT2D eigenvalue weighted by molar-refractivity contribution is 7.99. The van der Waals surface area contributed by atoms with Crippen LogP contribution in [-0.2, 0) is 0 Å². The molecule has 78 valence electrons. The Morgan fingerprint density at radius 1 is 1.15 bits per heavy atom. The number of rotatable bonds is 4. The first kappa shape index (κ1) is 11.4. The molecular formula is C12H24S. The van der Waals surface area contributed by atoms with Gasteiger partial charge in [-0.1, -0.05) is 39.0 Å². The van der Waals surface area contributed by atoms with E-state index in [0.717, 1.165) is 11.2 Å². The molecule has 0 radical (unpaired) electrons. The SMILES string of the molecule is CCCC(SC)C1CCCCCC1. The van der Waals surface area contributed by atoms with Crippen molar-refractivity contribution < 1.29 is 0 Å². The maximum atomic E-state index is 2.32. The van der Waals surface area contributed by atoms with Gasteiger partial charge in [0.25, 0.3) is 0 Å². The van der Waals surface area contributed by atoms with E-state index >= 15 is 0 Å². The fourth-order valence-corrected chi connectivity index (χ4v) is 3.64. The second-order valence-electron chi connectivity index (χ2n) is 4.31. The lowest BCUT2D eigenvalue weighted by Gasteiger charge is -2.23. The van der Waals surface area contributed by atoms with E-state index in [2.05, 4.69) is 24.9 Å². The Labute approximate surface area is 87.9 Å². The maximum Gasteiger partial charge on any atom is 0.00724 e. The van der Waals surface area contributed by atoms with Crippen molar-refractivity contribution in [1.82, 2.24) is 0 Å². The Morgan fingerprint density at radius 3 is 2.23 bits per heavy atom. The number of hydrogen-bond acceptors (Lipinski definition) is 1. The largest absolute Gasteiger partial charge is 0.162 e. The first-order valence-electron chi connectivity index (χ1n) is 5.91. The summed E-state index contributed by atoms with van der Waals surface area (Å²) in [4.78, 5) is 0. The molecule has 0 spiro atoms. The third-order valence-corrected chi connectivity index (χ3v) is 4.53. The molecule has 1 atom stereocenters. The lowest BCUT2D eigenvalue weighted by molar-refractivity contribution is 0.426. The van der Waals surface area contributed by atoms with Crippen molar-refractivity contribution in [1.29, 1.82) is 0 Å². The summed E-state index contributed by atoms with van der Waals surface area (Å²) < 4.78 is 0. The molecule has 0 bridgehead atoms. The molecule has 0 saturated heterocycles. The van der Waals surface area contributed by atoms with Crippen molar-refractivity contribution in [2.75, 3.05) is 6.26 Å². The van der Waals surface area contributed by atoms with E-state index in [1.54, 1.807) is 0 Å². The van der Waals surface area contributed by atoms with Gasteiger partial charge in [0, 0.05) is 5.25 Å². The van der Waals surface area contributed by atoms with Gasteiger partial charge in [-0.25, -0.2) is 0 Å². The van der Waals surface area contributed by atoms with Gasteiger partial charge in [0.05, 0.1) is 0 Å². The van der Waals surface area contributed by atoms with E-state index in [1.165, 1.54) is 51.4 Å². The minimum atomic E-state index is 0.961. The fourth-order valence-electron chi connectivity index (χ4n) is 2.51. The molecule has 0 aromatic rings. The summed E-state index contributed by atoms with van der Waals surface area (Å²) in [7, 11) is 0. The molecule has 1 heteroatoms. The van der Waals surface area contributed by atoms with Gasteiger partial charge in [0.2, 0.25) is 0 Å². The molecule has 0 N–H and O–H groups in total. The van der Waals surface area contributed by atoms with Gasteiger partial charge < -0.3 is 0 Å². The molecule has 0 heterocycles. The quantitative estimate of drug-likeness (QED) is 0.603. The minimum absolute atomic E-state index is 0.961. The standard InChI is InChI=1S/C12H24S/c1-3-8-12(13-2)11-9-6-4-5-7-10-11/h11-12H,3-10H2,1-2H3. The fraction of sp³-hybridized carbons (Fsp3) is 1.00. The van der Waals surface area contributed by atoms with Crippen molar-refractivity contribution in [2.24, 2.45) is 5.92 Å². The van der Waals surface area contributed by atoms with Gasteiger partial charge in [0.1, 0.15) is 0 Å². The van der Waals surface area contributed by atoms with Gasteiger partial charge in [-0.2, -0.15) is 11.8 Å². The predicted molar refractivity (Wildman–Crippen MR) is 63.4 cm³/mol. The summed E-state index contributed by atoms with van der Waals surface area (Å²) in [6.07, 6.45) is 14.1. The highest BCUT2D eigenvalue weighted by Crippen LogP contribution is 2.32. The second kappa shape index (κ2) is 6.75. The Bertz CT molecular complexity index is 114. The Hall–Kier alpha value is 0.350. The van der Waals surface area contributed by atoms with E-state index in [1.807, 2.05) is 0 Å². The average molecular weight is 200 g/mol. The maximum absolute atomic E-state index is 2.32. The molecule has 1 aliphatic carbocycles. The predicted octanol–water partition coefficient (Wildman–Crippen LogP) is 4.49. The zero-order chi connectivity index (χ0) is 9.52. The lowest BCUT2D eigenvalue weighted by atomic mass is 9.94. The molecule has 0 aromatic carbocycles. The van der Waals surface area contributed by atoms with E-state index in [0.29, 0.717) is 0 Å². The zero-order valence-electron chi connectivity index (χ0n) is 9.22. The number of hydrogen-bond donors (Lipinski definition) is 0. The lowest BCUT2D eigenvalue weighted by Crippen LogP contribution is -2.16. The van der Waals surface area contributed by atoms with Gasteiger partial charge in [-0.05, 0) is 31.4 Å². The van der Waals surface area contributed by atoms with Crippen LogP contribution in [0.1, 0.15) is 58.3 Å². The normalized spacial score (nSPS) is 22.6. The van der Waals surface area contributed by atoms with E-state index < -0.39 is 0 Å². The van der Waals surface area contributed by atoms with Crippen molar-refractivity contribution in [3.8, 4) is 0 Å². The molecule has 1 fully saturated rings. The van der Waals surface area contributed by atoms with Crippen LogP contribution in [0.2, 0.25) is 0 Å². The van der Waals surface area contributed by atoms with Crippen LogP contribution in [0.4, 0.5) is 0 Å². The number of thioether (sulfide) groups is 1. The van der Waals surface area contributed by atoms with Crippen LogP contribution in [-0.4, -0.2) is 11.5 Å². The third kappa shape index (κ3) is 3.93. The van der Waals surface area contributed by atoms with Gasteiger partial charge >= 0.3 is 0 Å². The topological polar surface area (TPSA) is 0 Å². The smallest absolute Gasteiger partial charge is 0.00724 e. The Kier molecular flexibility index (Phi) is 5.93. The molecule has 13 heavy (non-hydrogen) atoms. The van der Waals surface area contributed by atoms with Crippen LogP contribution in [0.5, 0.6) is 0 Å². The van der Waals surface area contributed by atoms with Crippen molar-refractivity contribution in [3.05, 3.63) is 0 Å². The summed E-state index contributed by atoms with van der Waals surface area (Å²) in [5.74, 6) is 1.04. The van der Waals surface area contributed by atoms with Crippen LogP contribution in [0.3, 0.4) is 0 Å². The first-order valence-corrected chi connectivity index (χ1v) is 7.20. The summed E-state index contributed by atoms with van der Waals surface area (Å²) in [5.41, 5.74) is 0. The van der Waals surface area contributed by atoms with Gasteiger partial charge in [0.15, 0.2) is 0 Å². The van der Waals surface area contributed by atoms with E-state index in [-0.39, 0.29) is 0 Å². The Morgan fingerprint density at radius 2 is 1.77 bits per heavy atom. The highest BCUT2D eigenvalue weighted by Gasteiger charge is 2.20. The van der Waals surface area contributed by atoms with Crippen molar-refractivity contribution >= 4 is 11.8 Å². The highest BCUT2D eigenvalue weighted by atomic mass is 32.2. The van der Waals surface area contributed by atoms with Crippen LogP contribution in [0.15, 0.2) is 0 Å². The molecule has 0 aliphatic heterocycles. The zero-order valence-corrected chi connectivity index (χ0v) is 10.0. The van der Waals surface area contributed by atoms with Crippen LogP contribution >= 0.6 is 11.8 Å². The third-order valence-electron chi connectivity index (χ3n) is 3.30. The molecular weight excluding hydrogens is 176 g/mol. The van der Waals surface area contributed by atoms with Crippen LogP contribution in [0.25, 0.3) is 0 Å². The summed E-state index contributed by atoms with van der Waals surface area (Å²) in [5, 5.41) is 0.961.